The molecular formula is C23H28Cl3FN6O2. The number of hydrogen-bond donors (Lipinski definition) is 4. The van der Waals surface area contributed by atoms with Gasteiger partial charge >= 0.3 is 0 Å². The molecule has 1 aliphatic rings. The number of rotatable bonds is 8. The molecule has 4 rings (SSSR count). The summed E-state index contributed by atoms with van der Waals surface area (Å²) in [6.45, 7) is 7.24. The summed E-state index contributed by atoms with van der Waals surface area (Å²) in [4.78, 5) is 10.6. The maximum absolute atomic E-state index is 14.3. The first-order chi connectivity index (χ1) is 16.0. The van der Waals surface area contributed by atoms with Crippen LogP contribution >= 0.6 is 36.4 Å². The van der Waals surface area contributed by atoms with Crippen LogP contribution in [0.15, 0.2) is 42.6 Å². The van der Waals surface area contributed by atoms with E-state index in [1.165, 1.54) is 6.07 Å². The van der Waals surface area contributed by atoms with Gasteiger partial charge < -0.3 is 25.8 Å². The van der Waals surface area contributed by atoms with Crippen molar-refractivity contribution in [2.24, 2.45) is 0 Å². The van der Waals surface area contributed by atoms with Crippen LogP contribution in [0.4, 0.5) is 27.5 Å². The van der Waals surface area contributed by atoms with Crippen molar-refractivity contribution in [3.8, 4) is 11.5 Å². The molecule has 0 radical (unpaired) electrons. The van der Waals surface area contributed by atoms with E-state index in [1.54, 1.807) is 13.0 Å². The van der Waals surface area contributed by atoms with E-state index in [-0.39, 0.29) is 47.4 Å². The summed E-state index contributed by atoms with van der Waals surface area (Å²) in [5, 5.41) is 19.3. The number of halogens is 4. The Labute approximate surface area is 221 Å². The first kappa shape index (κ1) is 28.7. The third kappa shape index (κ3) is 7.98. The van der Waals surface area contributed by atoms with Gasteiger partial charge in [0.1, 0.15) is 18.1 Å². The second-order valence-corrected chi connectivity index (χ2v) is 8.14. The smallest absolute Gasteiger partial charge is 0.229 e. The minimum Gasteiger partial charge on any atom is -0.506 e. The molecule has 1 aromatic heterocycles. The molecule has 0 aliphatic carbocycles. The van der Waals surface area contributed by atoms with Gasteiger partial charge in [0.25, 0.3) is 0 Å². The van der Waals surface area contributed by atoms with Gasteiger partial charge in [0.15, 0.2) is 11.6 Å². The van der Waals surface area contributed by atoms with Crippen molar-refractivity contribution in [3.63, 3.8) is 0 Å². The normalized spacial score (nSPS) is 13.3. The van der Waals surface area contributed by atoms with Crippen molar-refractivity contribution in [2.75, 3.05) is 50.0 Å². The minimum absolute atomic E-state index is 0. The van der Waals surface area contributed by atoms with Crippen LogP contribution in [0.5, 0.6) is 11.5 Å². The van der Waals surface area contributed by atoms with Crippen molar-refractivity contribution >= 4 is 59.6 Å². The fraction of sp³-hybridized carbons (Fsp3) is 0.304. The highest BCUT2D eigenvalue weighted by atomic mass is 35.5. The molecule has 0 saturated carbocycles. The highest BCUT2D eigenvalue weighted by Gasteiger charge is 2.12. The summed E-state index contributed by atoms with van der Waals surface area (Å²) in [5.41, 5.74) is 1.78. The van der Waals surface area contributed by atoms with Crippen LogP contribution < -0.4 is 20.7 Å². The number of aromatic hydroxyl groups is 1. The monoisotopic (exact) mass is 544 g/mol. The van der Waals surface area contributed by atoms with Crippen molar-refractivity contribution in [3.05, 3.63) is 59.0 Å². The van der Waals surface area contributed by atoms with Gasteiger partial charge in [-0.25, -0.2) is 9.37 Å². The lowest BCUT2D eigenvalue weighted by atomic mass is 10.2. The van der Waals surface area contributed by atoms with E-state index < -0.39 is 5.82 Å². The average Bonchev–Trinajstić information content (AvgIpc) is 2.81. The number of piperazine rings is 1. The number of aryl methyl sites for hydroxylation is 1. The van der Waals surface area contributed by atoms with Gasteiger partial charge in [-0.1, -0.05) is 17.7 Å². The molecule has 1 aliphatic heterocycles. The summed E-state index contributed by atoms with van der Waals surface area (Å²) >= 11 is 6.01. The SMILES string of the molecule is Cc1cc(Nc2nc(Nc3cccc(OCCN4CCNCC4)c3)ncc2F)cc(Cl)c1O.Cl.Cl. The number of phenolic OH excluding ortho intramolecular Hbond substituents is 1. The molecule has 190 valence electrons. The number of phenols is 1. The van der Waals surface area contributed by atoms with Gasteiger partial charge in [-0.3, -0.25) is 4.90 Å². The Kier molecular flexibility index (Phi) is 11.1. The molecule has 12 heteroatoms. The summed E-state index contributed by atoms with van der Waals surface area (Å²) < 4.78 is 20.2. The highest BCUT2D eigenvalue weighted by Crippen LogP contribution is 2.32. The van der Waals surface area contributed by atoms with E-state index in [1.807, 2.05) is 24.3 Å². The molecule has 1 fully saturated rings. The van der Waals surface area contributed by atoms with Gasteiger partial charge in [-0.2, -0.15) is 4.98 Å². The molecule has 0 atom stereocenters. The first-order valence-electron chi connectivity index (χ1n) is 10.7. The number of ether oxygens (including phenoxy) is 1. The predicted molar refractivity (Wildman–Crippen MR) is 142 cm³/mol. The van der Waals surface area contributed by atoms with Crippen molar-refractivity contribution in [1.29, 1.82) is 0 Å². The second-order valence-electron chi connectivity index (χ2n) is 7.73. The molecule has 2 heterocycles. The zero-order valence-corrected chi connectivity index (χ0v) is 21.4. The maximum atomic E-state index is 14.3. The Hall–Kier alpha value is -2.56. The predicted octanol–water partition coefficient (Wildman–Crippen LogP) is 4.90. The zero-order valence-electron chi connectivity index (χ0n) is 19.1. The van der Waals surface area contributed by atoms with Crippen LogP contribution in [0.25, 0.3) is 0 Å². The molecule has 4 N–H and O–H groups in total. The molecule has 2 aromatic carbocycles. The highest BCUT2D eigenvalue weighted by molar-refractivity contribution is 6.32. The number of benzene rings is 2. The molecule has 35 heavy (non-hydrogen) atoms. The largest absolute Gasteiger partial charge is 0.506 e. The lowest BCUT2D eigenvalue weighted by molar-refractivity contribution is 0.191. The van der Waals surface area contributed by atoms with Crippen LogP contribution in [0.3, 0.4) is 0 Å². The van der Waals surface area contributed by atoms with Gasteiger partial charge in [0.2, 0.25) is 5.95 Å². The van der Waals surface area contributed by atoms with Crippen LogP contribution in [-0.4, -0.2) is 59.3 Å². The van der Waals surface area contributed by atoms with E-state index in [4.69, 9.17) is 16.3 Å². The third-order valence-electron chi connectivity index (χ3n) is 5.24. The summed E-state index contributed by atoms with van der Waals surface area (Å²) in [6.07, 6.45) is 1.08. The van der Waals surface area contributed by atoms with Gasteiger partial charge in [0, 0.05) is 50.2 Å². The standard InChI is InChI=1S/C23H26ClFN6O2.2ClH/c1-15-11-17(13-19(24)21(15)32)28-22-20(25)14-27-23(30-22)29-16-3-2-4-18(12-16)33-10-9-31-7-5-26-6-8-31;;/h2-4,11-14,26,32H,5-10H2,1H3,(H2,27,28,29,30);2*1H. The molecule has 0 bridgehead atoms. The van der Waals surface area contributed by atoms with Crippen LogP contribution in [0.1, 0.15) is 5.56 Å². The van der Waals surface area contributed by atoms with Crippen molar-refractivity contribution < 1.29 is 14.2 Å². The fourth-order valence-electron chi connectivity index (χ4n) is 3.48. The fourth-order valence-corrected chi connectivity index (χ4v) is 3.75. The maximum Gasteiger partial charge on any atom is 0.229 e. The number of aromatic nitrogens is 2. The van der Waals surface area contributed by atoms with Crippen LogP contribution in [-0.2, 0) is 0 Å². The molecule has 1 saturated heterocycles. The Bertz CT molecular complexity index is 1100. The van der Waals surface area contributed by atoms with Gasteiger partial charge in [-0.15, -0.1) is 24.8 Å². The van der Waals surface area contributed by atoms with E-state index in [2.05, 4.69) is 30.8 Å². The summed E-state index contributed by atoms with van der Waals surface area (Å²) in [7, 11) is 0. The molecule has 3 aromatic rings. The quantitative estimate of drug-likeness (QED) is 0.297. The van der Waals surface area contributed by atoms with Crippen molar-refractivity contribution in [1.82, 2.24) is 20.2 Å². The molecule has 8 nitrogen and oxygen atoms in total. The van der Waals surface area contributed by atoms with E-state index in [9.17, 15) is 9.50 Å². The number of anilines is 4. The Morgan fingerprint density at radius 3 is 2.66 bits per heavy atom. The Morgan fingerprint density at radius 1 is 1.14 bits per heavy atom. The topological polar surface area (TPSA) is 94.6 Å². The van der Waals surface area contributed by atoms with Crippen LogP contribution in [0, 0.1) is 12.7 Å². The lowest BCUT2D eigenvalue weighted by Gasteiger charge is -2.26. The van der Waals surface area contributed by atoms with Gasteiger partial charge in [0.05, 0.1) is 11.2 Å². The number of nitrogens with zero attached hydrogens (tertiary/aromatic N) is 3. The number of hydrogen-bond acceptors (Lipinski definition) is 8. The van der Waals surface area contributed by atoms with E-state index in [0.29, 0.717) is 17.9 Å². The molecular weight excluding hydrogens is 518 g/mol. The lowest BCUT2D eigenvalue weighted by Crippen LogP contribution is -2.44. The Morgan fingerprint density at radius 2 is 1.91 bits per heavy atom. The number of nitrogens with one attached hydrogen (secondary N) is 3. The summed E-state index contributed by atoms with van der Waals surface area (Å²) in [5.74, 6) is 0.301. The minimum atomic E-state index is -0.618. The Balaban J connectivity index is 0.00000216. The molecule has 0 spiro atoms. The molecule has 0 unspecified atom stereocenters. The summed E-state index contributed by atoms with van der Waals surface area (Å²) in [6, 6.07) is 10.6. The molecule has 0 amide bonds. The average molecular weight is 546 g/mol. The third-order valence-corrected chi connectivity index (χ3v) is 5.52. The second kappa shape index (κ2) is 13.5. The van der Waals surface area contributed by atoms with E-state index >= 15 is 0 Å². The van der Waals surface area contributed by atoms with Crippen LogP contribution in [0.2, 0.25) is 5.02 Å². The van der Waals surface area contributed by atoms with E-state index in [0.717, 1.165) is 50.4 Å². The van der Waals surface area contributed by atoms with Gasteiger partial charge in [-0.05, 0) is 36.8 Å². The zero-order chi connectivity index (χ0) is 23.2. The van der Waals surface area contributed by atoms with Crippen molar-refractivity contribution in [2.45, 2.75) is 6.92 Å². The first-order valence-corrected chi connectivity index (χ1v) is 11.1.